The summed E-state index contributed by atoms with van der Waals surface area (Å²) in [6, 6.07) is 6.47. The summed E-state index contributed by atoms with van der Waals surface area (Å²) < 4.78 is 15.1. The molecule has 3 nitrogen and oxygen atoms in total. The molecule has 0 N–H and O–H groups in total. The number of rotatable bonds is 1. The number of hydrogen-bond donors (Lipinski definition) is 0. The van der Waals surface area contributed by atoms with Crippen molar-refractivity contribution in [3.05, 3.63) is 48.2 Å². The van der Waals surface area contributed by atoms with E-state index in [2.05, 4.69) is 4.98 Å². The lowest BCUT2D eigenvalue weighted by Gasteiger charge is -2.01. The van der Waals surface area contributed by atoms with E-state index < -0.39 is 0 Å². The first-order valence-corrected chi connectivity index (χ1v) is 4.81. The van der Waals surface area contributed by atoms with Crippen molar-refractivity contribution in [1.82, 2.24) is 9.38 Å². The third-order valence-electron chi connectivity index (χ3n) is 2.63. The van der Waals surface area contributed by atoms with E-state index in [-0.39, 0.29) is 5.82 Å². The van der Waals surface area contributed by atoms with Crippen LogP contribution < -0.4 is 0 Å². The van der Waals surface area contributed by atoms with Crippen molar-refractivity contribution in [2.45, 2.75) is 0 Å². The van der Waals surface area contributed by atoms with Crippen LogP contribution in [-0.2, 0) is 0 Å². The van der Waals surface area contributed by atoms with E-state index in [1.54, 1.807) is 28.8 Å². The highest BCUT2D eigenvalue weighted by molar-refractivity contribution is 5.95. The molecule has 0 saturated carbocycles. The summed E-state index contributed by atoms with van der Waals surface area (Å²) in [6.45, 7) is 0. The Kier molecular flexibility index (Phi) is 1.77. The molecule has 0 aliphatic rings. The second-order valence-electron chi connectivity index (χ2n) is 3.51. The predicted molar refractivity (Wildman–Crippen MR) is 58.0 cm³/mol. The van der Waals surface area contributed by atoms with Crippen molar-refractivity contribution in [2.24, 2.45) is 0 Å². The van der Waals surface area contributed by atoms with Crippen LogP contribution in [-0.4, -0.2) is 15.7 Å². The largest absolute Gasteiger partial charge is 0.297 e. The van der Waals surface area contributed by atoms with Gasteiger partial charge in [-0.15, -0.1) is 0 Å². The van der Waals surface area contributed by atoms with Gasteiger partial charge in [0, 0.05) is 17.0 Å². The summed E-state index contributed by atoms with van der Waals surface area (Å²) in [4.78, 5) is 14.9. The molecule has 0 aliphatic carbocycles. The molecule has 1 aromatic carbocycles. The summed E-state index contributed by atoms with van der Waals surface area (Å²) in [5.74, 6) is -0.282. The highest BCUT2D eigenvalue weighted by atomic mass is 19.1. The average Bonchev–Trinajstić information content (AvgIpc) is 2.72. The quantitative estimate of drug-likeness (QED) is 0.583. The van der Waals surface area contributed by atoms with Crippen molar-refractivity contribution in [3.8, 4) is 0 Å². The topological polar surface area (TPSA) is 34.4 Å². The van der Waals surface area contributed by atoms with Gasteiger partial charge in [0.15, 0.2) is 6.29 Å². The van der Waals surface area contributed by atoms with E-state index in [0.29, 0.717) is 22.1 Å². The fourth-order valence-electron chi connectivity index (χ4n) is 1.87. The minimum Gasteiger partial charge on any atom is -0.297 e. The van der Waals surface area contributed by atoms with Crippen LogP contribution in [0.25, 0.3) is 16.4 Å². The summed E-state index contributed by atoms with van der Waals surface area (Å²) >= 11 is 0. The van der Waals surface area contributed by atoms with Crippen molar-refractivity contribution >= 4 is 22.7 Å². The average molecular weight is 214 g/mol. The number of nitrogens with zero attached hydrogens (tertiary/aromatic N) is 2. The van der Waals surface area contributed by atoms with Gasteiger partial charge in [-0.2, -0.15) is 0 Å². The summed E-state index contributed by atoms with van der Waals surface area (Å²) in [5, 5.41) is 1.22. The molecule has 2 aromatic heterocycles. The number of aromatic nitrogens is 2. The molecule has 16 heavy (non-hydrogen) atoms. The van der Waals surface area contributed by atoms with Crippen LogP contribution in [0.4, 0.5) is 4.39 Å². The first-order valence-electron chi connectivity index (χ1n) is 4.81. The molecule has 3 rings (SSSR count). The molecular weight excluding hydrogens is 207 g/mol. The molecule has 0 aliphatic heterocycles. The van der Waals surface area contributed by atoms with Crippen molar-refractivity contribution in [2.75, 3.05) is 0 Å². The number of benzene rings is 1. The SMILES string of the molecule is O=Cc1cnc2c3cccc(F)c3ccn12. The van der Waals surface area contributed by atoms with Gasteiger partial charge in [0.05, 0.1) is 6.20 Å². The number of pyridine rings is 1. The van der Waals surface area contributed by atoms with Gasteiger partial charge in [-0.05, 0) is 12.1 Å². The Morgan fingerprint density at radius 2 is 2.12 bits per heavy atom. The van der Waals surface area contributed by atoms with Crippen LogP contribution >= 0.6 is 0 Å². The van der Waals surface area contributed by atoms with E-state index >= 15 is 0 Å². The minimum absolute atomic E-state index is 0.282. The van der Waals surface area contributed by atoms with E-state index in [1.807, 2.05) is 0 Å². The van der Waals surface area contributed by atoms with E-state index in [4.69, 9.17) is 0 Å². The molecule has 0 fully saturated rings. The lowest BCUT2D eigenvalue weighted by molar-refractivity contribution is 0.111. The number of imidazole rings is 1. The molecule has 2 heterocycles. The number of halogens is 1. The molecule has 4 heteroatoms. The molecule has 3 aromatic rings. The molecular formula is C12H7FN2O. The molecule has 78 valence electrons. The van der Waals surface area contributed by atoms with Crippen LogP contribution in [0.15, 0.2) is 36.7 Å². The molecule has 0 bridgehead atoms. The van der Waals surface area contributed by atoms with Crippen LogP contribution in [0.3, 0.4) is 0 Å². The predicted octanol–water partition coefficient (Wildman–Crippen LogP) is 2.44. The number of aldehydes is 1. The Balaban J connectivity index is 2.55. The maximum atomic E-state index is 13.5. The maximum absolute atomic E-state index is 13.5. The zero-order chi connectivity index (χ0) is 11.1. The van der Waals surface area contributed by atoms with Crippen molar-refractivity contribution in [3.63, 3.8) is 0 Å². The van der Waals surface area contributed by atoms with Gasteiger partial charge in [0.25, 0.3) is 0 Å². The van der Waals surface area contributed by atoms with E-state index in [1.165, 1.54) is 12.3 Å². The zero-order valence-electron chi connectivity index (χ0n) is 8.22. The molecule has 0 atom stereocenters. The summed E-state index contributed by atoms with van der Waals surface area (Å²) in [5.41, 5.74) is 1.06. The standard InChI is InChI=1S/C12H7FN2O/c13-11-3-1-2-10-9(11)4-5-15-8(7-16)6-14-12(10)15/h1-7H. The van der Waals surface area contributed by atoms with Gasteiger partial charge in [0.1, 0.15) is 17.2 Å². The van der Waals surface area contributed by atoms with Gasteiger partial charge in [0.2, 0.25) is 0 Å². The highest BCUT2D eigenvalue weighted by Gasteiger charge is 2.07. The Morgan fingerprint density at radius 1 is 1.25 bits per heavy atom. The number of fused-ring (bicyclic) bond motifs is 3. The number of carbonyl (C=O) groups excluding carboxylic acids is 1. The molecule has 0 amide bonds. The second-order valence-corrected chi connectivity index (χ2v) is 3.51. The Bertz CT molecular complexity index is 703. The Labute approximate surface area is 90.1 Å². The third-order valence-corrected chi connectivity index (χ3v) is 2.63. The zero-order valence-corrected chi connectivity index (χ0v) is 8.22. The smallest absolute Gasteiger partial charge is 0.168 e. The molecule has 0 spiro atoms. The Morgan fingerprint density at radius 3 is 2.94 bits per heavy atom. The van der Waals surface area contributed by atoms with Gasteiger partial charge in [-0.3, -0.25) is 9.20 Å². The Hall–Kier alpha value is -2.23. The third kappa shape index (κ3) is 1.07. The summed E-state index contributed by atoms with van der Waals surface area (Å²) in [6.07, 6.45) is 3.86. The van der Waals surface area contributed by atoms with Gasteiger partial charge in [-0.25, -0.2) is 9.37 Å². The van der Waals surface area contributed by atoms with Crippen molar-refractivity contribution < 1.29 is 9.18 Å². The first-order chi connectivity index (χ1) is 7.81. The fraction of sp³-hybridized carbons (Fsp3) is 0. The minimum atomic E-state index is -0.282. The lowest BCUT2D eigenvalue weighted by Crippen LogP contribution is -1.91. The van der Waals surface area contributed by atoms with Crippen LogP contribution in [0.5, 0.6) is 0 Å². The van der Waals surface area contributed by atoms with Gasteiger partial charge >= 0.3 is 0 Å². The summed E-state index contributed by atoms with van der Waals surface area (Å²) in [7, 11) is 0. The van der Waals surface area contributed by atoms with Gasteiger partial charge < -0.3 is 0 Å². The number of hydrogen-bond acceptors (Lipinski definition) is 2. The molecule has 0 radical (unpaired) electrons. The molecule has 0 saturated heterocycles. The fourth-order valence-corrected chi connectivity index (χ4v) is 1.87. The molecule has 0 unspecified atom stereocenters. The lowest BCUT2D eigenvalue weighted by atomic mass is 10.1. The van der Waals surface area contributed by atoms with Crippen LogP contribution in [0.1, 0.15) is 10.5 Å². The van der Waals surface area contributed by atoms with E-state index in [0.717, 1.165) is 6.29 Å². The van der Waals surface area contributed by atoms with Gasteiger partial charge in [-0.1, -0.05) is 12.1 Å². The van der Waals surface area contributed by atoms with Crippen molar-refractivity contribution in [1.29, 1.82) is 0 Å². The number of carbonyl (C=O) groups is 1. The van der Waals surface area contributed by atoms with E-state index in [9.17, 15) is 9.18 Å². The monoisotopic (exact) mass is 214 g/mol. The first kappa shape index (κ1) is 9.03. The van der Waals surface area contributed by atoms with Crippen LogP contribution in [0, 0.1) is 5.82 Å². The maximum Gasteiger partial charge on any atom is 0.168 e. The van der Waals surface area contributed by atoms with Crippen LogP contribution in [0.2, 0.25) is 0 Å². The highest BCUT2D eigenvalue weighted by Crippen LogP contribution is 2.22. The normalized spacial score (nSPS) is 11.1. The second kappa shape index (κ2) is 3.13.